The van der Waals surface area contributed by atoms with Gasteiger partial charge in [0.15, 0.2) is 10.3 Å². The number of rotatable bonds is 12. The Labute approximate surface area is 596 Å². The van der Waals surface area contributed by atoms with Crippen LogP contribution in [0.2, 0.25) is 20.1 Å². The molecular weight excluding hydrogens is 1360 g/mol. The normalized spacial score (nSPS) is 26.9. The minimum absolute atomic E-state index is 0.00000628. The van der Waals surface area contributed by atoms with Gasteiger partial charge < -0.3 is 44.7 Å². The lowest BCUT2D eigenvalue weighted by molar-refractivity contribution is -0.147. The molecule has 4 fully saturated rings. The lowest BCUT2D eigenvalue weighted by atomic mass is 9.80. The monoisotopic (exact) mass is 1440 g/mol. The SMILES string of the molecule is CC(C)C1=C(C(=O)O)SC2=NC(C)(c3ccc(Cl)cc3F)C(c3ccc(Cl)cc3)N21.CC[C@@H]1CC[C@@H](C(=O)N2CCN(C(C)=O)[C@H](C)C2)N1.CC[C@@H]1CC[C@@H](C(=O)N2CCN(C(C)=O)[C@H](C)C2)N1C(=O)C1=C(C(C)C)N2C(=N[C@@](C)(c3ccc(Cl)cc3F)[C@H]2c2ccc(Cl)cc2)S1. The van der Waals surface area contributed by atoms with Gasteiger partial charge in [0.2, 0.25) is 23.6 Å². The van der Waals surface area contributed by atoms with Gasteiger partial charge in [-0.2, -0.15) is 0 Å². The van der Waals surface area contributed by atoms with Crippen molar-refractivity contribution < 1.29 is 42.7 Å². The first kappa shape index (κ1) is 73.5. The molecular formula is C72H86Cl4F2N10O7S2. The van der Waals surface area contributed by atoms with Gasteiger partial charge in [0.05, 0.1) is 18.1 Å². The number of hydrogen-bond acceptors (Lipinski definition) is 13. The van der Waals surface area contributed by atoms with E-state index in [1.54, 1.807) is 55.1 Å². The van der Waals surface area contributed by atoms with Gasteiger partial charge in [-0.3, -0.25) is 24.0 Å². The average molecular weight is 1450 g/mol. The summed E-state index contributed by atoms with van der Waals surface area (Å²) in [5, 5.41) is 16.1. The van der Waals surface area contributed by atoms with E-state index < -0.39 is 46.8 Å². The minimum atomic E-state index is -1.05. The maximum Gasteiger partial charge on any atom is 0.344 e. The second-order valence-electron chi connectivity index (χ2n) is 27.2. The molecule has 97 heavy (non-hydrogen) atoms. The zero-order chi connectivity index (χ0) is 70.4. The first-order valence-corrected chi connectivity index (χ1v) is 36.5. The van der Waals surface area contributed by atoms with E-state index in [4.69, 9.17) is 56.4 Å². The Bertz CT molecular complexity index is 3860. The molecule has 25 heteroatoms. The summed E-state index contributed by atoms with van der Waals surface area (Å²) in [5.41, 5.74) is 1.98. The first-order chi connectivity index (χ1) is 45.9. The zero-order valence-corrected chi connectivity index (χ0v) is 61.5. The Kier molecular flexibility index (Phi) is 22.7. The van der Waals surface area contributed by atoms with Crippen molar-refractivity contribution in [2.45, 2.75) is 181 Å². The highest BCUT2D eigenvalue weighted by Crippen LogP contribution is 2.59. The number of allylic oxidation sites excluding steroid dienone is 2. The number of amides is 5. The maximum absolute atomic E-state index is 15.7. The van der Waals surface area contributed by atoms with Crippen LogP contribution >= 0.6 is 69.9 Å². The summed E-state index contributed by atoms with van der Waals surface area (Å²) in [4.78, 5) is 101. The van der Waals surface area contributed by atoms with Crippen molar-refractivity contribution in [3.05, 3.63) is 160 Å². The third-order valence-corrected chi connectivity index (χ3v) is 23.1. The number of carboxylic acid groups (broad SMARTS) is 1. The third kappa shape index (κ3) is 14.6. The van der Waals surface area contributed by atoms with Crippen molar-refractivity contribution in [3.8, 4) is 0 Å². The number of benzene rings is 4. The number of aliphatic imine (C=N–C) groups is 2. The van der Waals surface area contributed by atoms with Crippen molar-refractivity contribution in [2.75, 3.05) is 39.3 Å². The summed E-state index contributed by atoms with van der Waals surface area (Å²) in [7, 11) is 0. The molecule has 17 nitrogen and oxygen atoms in total. The minimum Gasteiger partial charge on any atom is -0.477 e. The number of thioether (sulfide) groups is 2. The summed E-state index contributed by atoms with van der Waals surface area (Å²) in [6.45, 7) is 26.4. The topological polar surface area (TPSA) is 182 Å². The Balaban J connectivity index is 0.000000176. The van der Waals surface area contributed by atoms with Crippen LogP contribution in [0.1, 0.15) is 156 Å². The molecule has 0 radical (unpaired) electrons. The average Bonchev–Trinajstić information content (AvgIpc) is 1.55. The largest absolute Gasteiger partial charge is 0.477 e. The molecule has 4 aromatic carbocycles. The predicted molar refractivity (Wildman–Crippen MR) is 382 cm³/mol. The van der Waals surface area contributed by atoms with E-state index in [1.165, 1.54) is 23.9 Å². The molecule has 12 rings (SSSR count). The number of carbonyl (C=O) groups is 6. The van der Waals surface area contributed by atoms with Gasteiger partial charge in [0.25, 0.3) is 5.91 Å². The molecule has 2 unspecified atom stereocenters. The first-order valence-electron chi connectivity index (χ1n) is 33.4. The molecule has 0 saturated carbocycles. The highest BCUT2D eigenvalue weighted by molar-refractivity contribution is 8.18. The lowest BCUT2D eigenvalue weighted by Crippen LogP contribution is -2.58. The number of likely N-dealkylation sites (tertiary alicyclic amines) is 1. The fourth-order valence-corrected chi connectivity index (χ4v) is 18.5. The van der Waals surface area contributed by atoms with E-state index in [0.29, 0.717) is 104 Å². The number of halogens is 6. The summed E-state index contributed by atoms with van der Waals surface area (Å²) in [6, 6.07) is 22.9. The fourth-order valence-electron chi connectivity index (χ4n) is 15.3. The van der Waals surface area contributed by atoms with Gasteiger partial charge in [0, 0.05) is 120 Å². The lowest BCUT2D eigenvalue weighted by Gasteiger charge is -2.41. The van der Waals surface area contributed by atoms with Crippen LogP contribution in [0, 0.1) is 23.5 Å². The number of hydrogen-bond donors (Lipinski definition) is 2. The summed E-state index contributed by atoms with van der Waals surface area (Å²) < 4.78 is 30.7. The van der Waals surface area contributed by atoms with Crippen LogP contribution in [0.5, 0.6) is 0 Å². The van der Waals surface area contributed by atoms with Crippen LogP contribution in [0.25, 0.3) is 0 Å². The highest BCUT2D eigenvalue weighted by atomic mass is 35.5. The van der Waals surface area contributed by atoms with Crippen molar-refractivity contribution in [1.82, 2.24) is 39.6 Å². The molecule has 4 aromatic rings. The molecule has 2 N–H and O–H groups in total. The van der Waals surface area contributed by atoms with E-state index in [2.05, 4.69) is 24.1 Å². The van der Waals surface area contributed by atoms with E-state index in [9.17, 15) is 33.9 Å². The fraction of sp³-hybridized carbons (Fsp3) is 0.500. The van der Waals surface area contributed by atoms with E-state index in [0.717, 1.165) is 60.7 Å². The standard InChI is InChI=1S/C36H42Cl2FN5O3S.C22H19Cl2FN2O2S.C14H25N3O2/c1-7-26-13-15-29(33(46)41-16-17-42(22(5)45)21(4)19-41)43(26)34(47)31-30(20(2)3)44-32(23-8-10-24(37)11-9-23)36(6,40-35(44)48-31)27-14-12-25(38)18-28(27)39;1-11(2)17-18(20(28)29)30-21-26-22(3,15-9-8-14(24)10-16(15)25)19(27(17)21)12-4-6-13(23)7-5-12;1-4-12-5-6-13(15-12)14(19)16-7-8-17(11(3)18)10(2)9-16/h8-12,14,18,20-21,26,29,32H,7,13,15-17,19H2,1-6H3;4-11,19H,1-3H3,(H,28,29);10,12-13,15H,4-9H2,1-3H3/t21-,26-,29+,32-,36+;;10-,12-,13+/m1.1/s1. The molecule has 0 spiro atoms. The van der Waals surface area contributed by atoms with E-state index in [1.807, 2.05) is 116 Å². The molecule has 0 aromatic heterocycles. The van der Waals surface area contributed by atoms with Crippen LogP contribution in [0.3, 0.4) is 0 Å². The summed E-state index contributed by atoms with van der Waals surface area (Å²) >= 11 is 26.9. The van der Waals surface area contributed by atoms with E-state index in [-0.39, 0.29) is 70.4 Å². The summed E-state index contributed by atoms with van der Waals surface area (Å²) in [6.07, 6.45) is 5.17. The molecule has 5 amide bonds. The van der Waals surface area contributed by atoms with E-state index >= 15 is 8.78 Å². The number of piperazine rings is 2. The number of carboxylic acids is 1. The number of fused-ring (bicyclic) bond motifs is 2. The van der Waals surface area contributed by atoms with Crippen LogP contribution in [0.4, 0.5) is 8.78 Å². The van der Waals surface area contributed by atoms with Gasteiger partial charge >= 0.3 is 5.97 Å². The highest BCUT2D eigenvalue weighted by Gasteiger charge is 2.57. The van der Waals surface area contributed by atoms with Crippen molar-refractivity contribution >= 4 is 116 Å². The van der Waals surface area contributed by atoms with Gasteiger partial charge in [-0.1, -0.05) is 124 Å². The number of carbonyl (C=O) groups excluding carboxylic acids is 5. The molecule has 10 atom stereocenters. The number of nitrogens with one attached hydrogen (secondary N) is 1. The van der Waals surface area contributed by atoms with Gasteiger partial charge in [-0.25, -0.2) is 23.6 Å². The van der Waals surface area contributed by atoms with Gasteiger partial charge in [-0.15, -0.1) is 0 Å². The van der Waals surface area contributed by atoms with Crippen LogP contribution in [0.15, 0.2) is 116 Å². The molecule has 4 saturated heterocycles. The van der Waals surface area contributed by atoms with Gasteiger partial charge in [-0.05, 0) is 161 Å². The predicted octanol–water partition coefficient (Wildman–Crippen LogP) is 14.3. The molecule has 0 aliphatic carbocycles. The Morgan fingerprint density at radius 1 is 0.598 bits per heavy atom. The molecule has 8 heterocycles. The Hall–Kier alpha value is -6.20. The van der Waals surface area contributed by atoms with Crippen LogP contribution in [-0.4, -0.2) is 161 Å². The van der Waals surface area contributed by atoms with Crippen LogP contribution < -0.4 is 5.32 Å². The van der Waals surface area contributed by atoms with Crippen molar-refractivity contribution in [3.63, 3.8) is 0 Å². The van der Waals surface area contributed by atoms with Gasteiger partial charge in [0.1, 0.15) is 38.6 Å². The smallest absolute Gasteiger partial charge is 0.344 e. The number of nitrogens with zero attached hydrogens (tertiary/aromatic N) is 9. The molecule has 8 aliphatic rings. The molecule has 8 aliphatic heterocycles. The second kappa shape index (κ2) is 29.9. The number of aliphatic carboxylic acids is 1. The number of amidine groups is 2. The van der Waals surface area contributed by atoms with Crippen molar-refractivity contribution in [2.24, 2.45) is 21.8 Å². The van der Waals surface area contributed by atoms with Crippen molar-refractivity contribution in [1.29, 1.82) is 0 Å². The Morgan fingerprint density at radius 3 is 1.42 bits per heavy atom. The zero-order valence-electron chi connectivity index (χ0n) is 56.8. The third-order valence-electron chi connectivity index (χ3n) is 20.0. The molecule has 520 valence electrons. The Morgan fingerprint density at radius 2 is 1.03 bits per heavy atom. The quantitative estimate of drug-likeness (QED) is 0.137. The maximum atomic E-state index is 15.7. The second-order valence-corrected chi connectivity index (χ2v) is 30.9. The van der Waals surface area contributed by atoms with Crippen LogP contribution in [-0.2, 0) is 39.8 Å². The summed E-state index contributed by atoms with van der Waals surface area (Å²) in [5.74, 6) is -1.97. The molecule has 0 bridgehead atoms.